The molecule has 0 bridgehead atoms. The van der Waals surface area contributed by atoms with Gasteiger partial charge >= 0.3 is 11.9 Å². The first-order valence-electron chi connectivity index (χ1n) is 10.4. The predicted molar refractivity (Wildman–Crippen MR) is 119 cm³/mol. The first-order chi connectivity index (χ1) is 16.3. The third-order valence-corrected chi connectivity index (χ3v) is 4.73. The summed E-state index contributed by atoms with van der Waals surface area (Å²) in [5, 5.41) is 34.4. The highest BCUT2D eigenvalue weighted by molar-refractivity contribution is 5.96. The molecule has 14 heteroatoms. The Morgan fingerprint density at radius 1 is 0.857 bits per heavy atom. The fraction of sp³-hybridized carbons (Fsp3) is 0.429. The smallest absolute Gasteiger partial charge is 0.326 e. The second-order valence-corrected chi connectivity index (χ2v) is 7.75. The lowest BCUT2D eigenvalue weighted by Gasteiger charge is -2.26. The van der Waals surface area contributed by atoms with Gasteiger partial charge in [0.2, 0.25) is 23.6 Å². The SMILES string of the molecule is CC(O)C(NC(=O)C(CC(=O)O)NC(=O)C(N)Cc1ccccc1)C(=O)NC(CC(N)=O)C(=O)O. The standard InChI is InChI=1S/C21H29N5O9/c1-10(27)17(20(33)25-14(21(34)35)8-15(23)28)26-19(32)13(9-16(29)30)24-18(31)12(22)7-11-5-3-2-4-6-11/h2-6,10,12-14,17,27H,7-9,22H2,1H3,(H2,23,28)(H,24,31)(H,25,33)(H,26,32)(H,29,30)(H,34,35). The quantitative estimate of drug-likeness (QED) is 0.128. The van der Waals surface area contributed by atoms with E-state index in [2.05, 4.69) is 10.6 Å². The van der Waals surface area contributed by atoms with Crippen LogP contribution in [-0.2, 0) is 35.2 Å². The molecule has 5 unspecified atom stereocenters. The van der Waals surface area contributed by atoms with Gasteiger partial charge in [-0.15, -0.1) is 0 Å². The van der Waals surface area contributed by atoms with E-state index >= 15 is 0 Å². The highest BCUT2D eigenvalue weighted by Crippen LogP contribution is 2.04. The molecule has 35 heavy (non-hydrogen) atoms. The van der Waals surface area contributed by atoms with Crippen LogP contribution in [0.2, 0.25) is 0 Å². The van der Waals surface area contributed by atoms with Gasteiger partial charge in [0.05, 0.1) is 25.0 Å². The van der Waals surface area contributed by atoms with Crippen LogP contribution in [0, 0.1) is 0 Å². The zero-order valence-corrected chi connectivity index (χ0v) is 18.8. The Morgan fingerprint density at radius 3 is 1.91 bits per heavy atom. The fourth-order valence-electron chi connectivity index (χ4n) is 2.95. The molecule has 0 spiro atoms. The molecule has 0 aromatic heterocycles. The van der Waals surface area contributed by atoms with Gasteiger partial charge < -0.3 is 42.7 Å². The largest absolute Gasteiger partial charge is 0.481 e. The van der Waals surface area contributed by atoms with Crippen molar-refractivity contribution in [2.45, 2.75) is 56.5 Å². The van der Waals surface area contributed by atoms with Crippen molar-refractivity contribution in [1.82, 2.24) is 16.0 Å². The van der Waals surface area contributed by atoms with Gasteiger partial charge in [0.1, 0.15) is 18.1 Å². The first-order valence-corrected chi connectivity index (χ1v) is 10.4. The molecule has 0 heterocycles. The summed E-state index contributed by atoms with van der Waals surface area (Å²) in [5.41, 5.74) is 11.5. The maximum absolute atomic E-state index is 12.7. The van der Waals surface area contributed by atoms with Crippen LogP contribution in [0.1, 0.15) is 25.3 Å². The van der Waals surface area contributed by atoms with Crippen LogP contribution < -0.4 is 27.4 Å². The van der Waals surface area contributed by atoms with Crippen LogP contribution in [0.15, 0.2) is 30.3 Å². The highest BCUT2D eigenvalue weighted by atomic mass is 16.4. The van der Waals surface area contributed by atoms with Crippen molar-refractivity contribution in [2.24, 2.45) is 11.5 Å². The molecule has 1 aromatic rings. The Balaban J connectivity index is 2.94. The monoisotopic (exact) mass is 495 g/mol. The number of aliphatic hydroxyl groups is 1. The first kappa shape index (κ1) is 29.0. The topological polar surface area (TPSA) is 251 Å². The number of aliphatic hydroxyl groups excluding tert-OH is 1. The number of carboxylic acids is 2. The van der Waals surface area contributed by atoms with Gasteiger partial charge in [-0.2, -0.15) is 0 Å². The summed E-state index contributed by atoms with van der Waals surface area (Å²) in [5.74, 6) is -7.21. The molecule has 192 valence electrons. The molecule has 0 fully saturated rings. The number of carboxylic acid groups (broad SMARTS) is 2. The minimum Gasteiger partial charge on any atom is -0.481 e. The van der Waals surface area contributed by atoms with E-state index in [1.807, 2.05) is 5.32 Å². The number of nitrogens with two attached hydrogens (primary N) is 2. The molecule has 4 amide bonds. The molecule has 0 saturated heterocycles. The van der Waals surface area contributed by atoms with Crippen LogP contribution >= 0.6 is 0 Å². The van der Waals surface area contributed by atoms with Crippen LogP contribution in [0.5, 0.6) is 0 Å². The minimum atomic E-state index is -1.75. The van der Waals surface area contributed by atoms with Gasteiger partial charge in [0, 0.05) is 0 Å². The second-order valence-electron chi connectivity index (χ2n) is 7.75. The molecule has 5 atom stereocenters. The number of carbonyl (C=O) groups excluding carboxylic acids is 4. The van der Waals surface area contributed by atoms with Crippen molar-refractivity contribution >= 4 is 35.6 Å². The van der Waals surface area contributed by atoms with E-state index in [0.717, 1.165) is 12.5 Å². The Labute approximate surface area is 200 Å². The van der Waals surface area contributed by atoms with Gasteiger partial charge in [0.25, 0.3) is 0 Å². The number of primary amides is 1. The second kappa shape index (κ2) is 13.6. The number of benzene rings is 1. The summed E-state index contributed by atoms with van der Waals surface area (Å²) in [6.07, 6.45) is -3.09. The Morgan fingerprint density at radius 2 is 1.43 bits per heavy atom. The lowest BCUT2D eigenvalue weighted by Crippen LogP contribution is -2.60. The predicted octanol–water partition coefficient (Wildman–Crippen LogP) is -3.17. The molecule has 0 aliphatic carbocycles. The number of hydrogen-bond donors (Lipinski definition) is 8. The molecule has 1 aromatic carbocycles. The normalized spacial score (nSPS) is 14.9. The molecule has 0 radical (unpaired) electrons. The third-order valence-electron chi connectivity index (χ3n) is 4.73. The Kier molecular flexibility index (Phi) is 11.3. The molecule has 0 aliphatic rings. The summed E-state index contributed by atoms with van der Waals surface area (Å²) in [6, 6.07) is 2.42. The van der Waals surface area contributed by atoms with E-state index in [1.54, 1.807) is 30.3 Å². The lowest BCUT2D eigenvalue weighted by atomic mass is 10.0. The van der Waals surface area contributed by atoms with Crippen LogP contribution in [0.4, 0.5) is 0 Å². The van der Waals surface area contributed by atoms with Gasteiger partial charge in [-0.25, -0.2) is 4.79 Å². The molecular formula is C21H29N5O9. The van der Waals surface area contributed by atoms with Gasteiger partial charge in [-0.1, -0.05) is 30.3 Å². The molecule has 10 N–H and O–H groups in total. The van der Waals surface area contributed by atoms with Crippen LogP contribution in [-0.4, -0.2) is 81.2 Å². The average Bonchev–Trinajstić information content (AvgIpc) is 2.75. The summed E-state index contributed by atoms with van der Waals surface area (Å²) < 4.78 is 0. The third kappa shape index (κ3) is 10.2. The molecular weight excluding hydrogens is 466 g/mol. The van der Waals surface area contributed by atoms with Crippen LogP contribution in [0.25, 0.3) is 0 Å². The van der Waals surface area contributed by atoms with E-state index in [9.17, 15) is 33.9 Å². The Hall–Kier alpha value is -4.04. The van der Waals surface area contributed by atoms with Crippen molar-refractivity contribution in [3.8, 4) is 0 Å². The summed E-state index contributed by atoms with van der Waals surface area (Å²) >= 11 is 0. The number of aliphatic carboxylic acids is 2. The number of hydrogen-bond acceptors (Lipinski definition) is 8. The zero-order chi connectivity index (χ0) is 26.7. The number of nitrogens with one attached hydrogen (secondary N) is 3. The maximum Gasteiger partial charge on any atom is 0.326 e. The number of carbonyl (C=O) groups is 6. The molecule has 0 saturated carbocycles. The average molecular weight is 495 g/mol. The van der Waals surface area contributed by atoms with Crippen molar-refractivity contribution < 1.29 is 44.1 Å². The van der Waals surface area contributed by atoms with Crippen molar-refractivity contribution in [2.75, 3.05) is 0 Å². The lowest BCUT2D eigenvalue weighted by molar-refractivity contribution is -0.145. The van der Waals surface area contributed by atoms with Crippen molar-refractivity contribution in [3.05, 3.63) is 35.9 Å². The molecule has 14 nitrogen and oxygen atoms in total. The zero-order valence-electron chi connectivity index (χ0n) is 18.8. The molecule has 1 rings (SSSR count). The van der Waals surface area contributed by atoms with Gasteiger partial charge in [0.15, 0.2) is 0 Å². The summed E-state index contributed by atoms with van der Waals surface area (Å²) in [7, 11) is 0. The van der Waals surface area contributed by atoms with E-state index in [4.69, 9.17) is 21.7 Å². The number of amides is 4. The van der Waals surface area contributed by atoms with Crippen LogP contribution in [0.3, 0.4) is 0 Å². The highest BCUT2D eigenvalue weighted by Gasteiger charge is 2.34. The minimum absolute atomic E-state index is 0.100. The van der Waals surface area contributed by atoms with Crippen molar-refractivity contribution in [1.29, 1.82) is 0 Å². The molecule has 0 aliphatic heterocycles. The van der Waals surface area contributed by atoms with Crippen molar-refractivity contribution in [3.63, 3.8) is 0 Å². The summed E-state index contributed by atoms with van der Waals surface area (Å²) in [6.45, 7) is 1.11. The summed E-state index contributed by atoms with van der Waals surface area (Å²) in [4.78, 5) is 71.1. The van der Waals surface area contributed by atoms with Gasteiger partial charge in [-0.3, -0.25) is 24.0 Å². The van der Waals surface area contributed by atoms with E-state index < -0.39 is 78.7 Å². The van der Waals surface area contributed by atoms with E-state index in [1.165, 1.54) is 0 Å². The fourth-order valence-corrected chi connectivity index (χ4v) is 2.95. The van der Waals surface area contributed by atoms with E-state index in [-0.39, 0.29) is 6.42 Å². The maximum atomic E-state index is 12.7. The van der Waals surface area contributed by atoms with Gasteiger partial charge in [-0.05, 0) is 18.9 Å². The Bertz CT molecular complexity index is 938. The van der Waals surface area contributed by atoms with E-state index in [0.29, 0.717) is 0 Å². The number of rotatable bonds is 14.